The van der Waals surface area contributed by atoms with Gasteiger partial charge in [0.15, 0.2) is 0 Å². The minimum absolute atomic E-state index is 0.261. The molecule has 0 saturated heterocycles. The lowest BCUT2D eigenvalue weighted by atomic mass is 10.3. The Morgan fingerprint density at radius 2 is 1.28 bits per heavy atom. The molecule has 2 rings (SSSR count). The predicted octanol–water partition coefficient (Wildman–Crippen LogP) is 4.33. The van der Waals surface area contributed by atoms with Crippen LogP contribution in [0.4, 0.5) is 21.0 Å². The molecule has 0 unspecified atom stereocenters. The molecule has 0 aromatic heterocycles. The van der Waals surface area contributed by atoms with Crippen LogP contribution in [0, 0.1) is 0 Å². The zero-order valence-corrected chi connectivity index (χ0v) is 15.0. The van der Waals surface area contributed by atoms with Crippen molar-refractivity contribution in [2.45, 2.75) is 13.0 Å². The van der Waals surface area contributed by atoms with Gasteiger partial charge in [-0.3, -0.25) is 0 Å². The van der Waals surface area contributed by atoms with Gasteiger partial charge in [0.2, 0.25) is 0 Å². The summed E-state index contributed by atoms with van der Waals surface area (Å²) in [5.74, 6) is 0. The van der Waals surface area contributed by atoms with Crippen molar-refractivity contribution in [2.24, 2.45) is 0 Å². The first-order valence-electron chi connectivity index (χ1n) is 7.56. The number of anilines is 2. The SMILES string of the molecule is C[C@@H](CNC(=O)Nc1ccc(Cl)cc1)NC(=O)Nc1ccc(Cl)cc1. The Morgan fingerprint density at radius 3 is 1.76 bits per heavy atom. The van der Waals surface area contributed by atoms with Crippen LogP contribution in [0.25, 0.3) is 0 Å². The van der Waals surface area contributed by atoms with E-state index in [-0.39, 0.29) is 24.6 Å². The van der Waals surface area contributed by atoms with E-state index in [1.54, 1.807) is 55.5 Å². The summed E-state index contributed by atoms with van der Waals surface area (Å²) in [6.07, 6.45) is 0. The number of urea groups is 2. The van der Waals surface area contributed by atoms with Crippen molar-refractivity contribution in [1.82, 2.24) is 10.6 Å². The van der Waals surface area contributed by atoms with E-state index < -0.39 is 0 Å². The van der Waals surface area contributed by atoms with Crippen LogP contribution < -0.4 is 21.3 Å². The summed E-state index contributed by atoms with van der Waals surface area (Å²) >= 11 is 11.6. The largest absolute Gasteiger partial charge is 0.336 e. The zero-order valence-electron chi connectivity index (χ0n) is 13.5. The van der Waals surface area contributed by atoms with Gasteiger partial charge in [0.1, 0.15) is 0 Å². The first-order chi connectivity index (χ1) is 11.9. The molecule has 2 aromatic rings. The van der Waals surface area contributed by atoms with Gasteiger partial charge in [-0.05, 0) is 55.5 Å². The highest BCUT2D eigenvalue weighted by molar-refractivity contribution is 6.30. The normalized spacial score (nSPS) is 11.3. The second-order valence-corrected chi connectivity index (χ2v) is 6.22. The van der Waals surface area contributed by atoms with Crippen LogP contribution in [0.15, 0.2) is 48.5 Å². The number of hydrogen-bond donors (Lipinski definition) is 4. The van der Waals surface area contributed by atoms with Gasteiger partial charge in [0.25, 0.3) is 0 Å². The van der Waals surface area contributed by atoms with Gasteiger partial charge in [-0.2, -0.15) is 0 Å². The van der Waals surface area contributed by atoms with E-state index >= 15 is 0 Å². The van der Waals surface area contributed by atoms with E-state index in [0.29, 0.717) is 21.4 Å². The standard InChI is InChI=1S/C17H18Cl2N4O2/c1-11(21-17(25)23-15-8-4-13(19)5-9-15)10-20-16(24)22-14-6-2-12(18)3-7-14/h2-9,11H,10H2,1H3,(H2,20,22,24)(H2,21,23,25)/t11-/m0/s1. The van der Waals surface area contributed by atoms with E-state index in [1.165, 1.54) is 0 Å². The molecule has 0 aliphatic rings. The van der Waals surface area contributed by atoms with Crippen molar-refractivity contribution >= 4 is 46.6 Å². The molecule has 25 heavy (non-hydrogen) atoms. The van der Waals surface area contributed by atoms with Crippen LogP contribution in [-0.4, -0.2) is 24.6 Å². The van der Waals surface area contributed by atoms with Crippen molar-refractivity contribution in [2.75, 3.05) is 17.2 Å². The van der Waals surface area contributed by atoms with E-state index in [9.17, 15) is 9.59 Å². The Balaban J connectivity index is 1.71. The Morgan fingerprint density at radius 1 is 0.840 bits per heavy atom. The summed E-state index contributed by atoms with van der Waals surface area (Å²) < 4.78 is 0. The van der Waals surface area contributed by atoms with Crippen molar-refractivity contribution in [3.63, 3.8) is 0 Å². The fraction of sp³-hybridized carbons (Fsp3) is 0.176. The molecule has 0 aliphatic heterocycles. The van der Waals surface area contributed by atoms with Crippen LogP contribution in [0.3, 0.4) is 0 Å². The fourth-order valence-corrected chi connectivity index (χ4v) is 2.18. The van der Waals surface area contributed by atoms with Gasteiger partial charge in [-0.15, -0.1) is 0 Å². The number of rotatable bonds is 5. The number of hydrogen-bond acceptors (Lipinski definition) is 2. The second-order valence-electron chi connectivity index (χ2n) is 5.35. The summed E-state index contributed by atoms with van der Waals surface area (Å²) in [4.78, 5) is 23.7. The van der Waals surface area contributed by atoms with Crippen molar-refractivity contribution in [3.8, 4) is 0 Å². The molecule has 0 fully saturated rings. The first kappa shape index (κ1) is 18.9. The lowest BCUT2D eigenvalue weighted by molar-refractivity contribution is 0.244. The molecule has 1 atom stereocenters. The highest BCUT2D eigenvalue weighted by Gasteiger charge is 2.09. The molecule has 0 aliphatic carbocycles. The minimum Gasteiger partial charge on any atom is -0.336 e. The van der Waals surface area contributed by atoms with Crippen LogP contribution in [0.1, 0.15) is 6.92 Å². The van der Waals surface area contributed by atoms with E-state index in [4.69, 9.17) is 23.2 Å². The number of benzene rings is 2. The van der Waals surface area contributed by atoms with Crippen LogP contribution >= 0.6 is 23.2 Å². The maximum Gasteiger partial charge on any atom is 0.319 e. The molecule has 0 spiro atoms. The summed E-state index contributed by atoms with van der Waals surface area (Å²) in [5.41, 5.74) is 1.26. The highest BCUT2D eigenvalue weighted by Crippen LogP contribution is 2.14. The molecule has 8 heteroatoms. The average molecular weight is 381 g/mol. The molecule has 0 bridgehead atoms. The number of nitrogens with one attached hydrogen (secondary N) is 4. The molecular formula is C17H18Cl2N4O2. The number of halogens is 2. The molecule has 6 nitrogen and oxygen atoms in total. The topological polar surface area (TPSA) is 82.3 Å². The molecule has 4 amide bonds. The zero-order chi connectivity index (χ0) is 18.2. The summed E-state index contributed by atoms with van der Waals surface area (Å²) in [6, 6.07) is 12.5. The summed E-state index contributed by atoms with van der Waals surface area (Å²) in [6.45, 7) is 2.05. The Kier molecular flexibility index (Phi) is 6.91. The smallest absolute Gasteiger partial charge is 0.319 e. The first-order valence-corrected chi connectivity index (χ1v) is 8.31. The Labute approximate surface area is 155 Å². The summed E-state index contributed by atoms with van der Waals surface area (Å²) in [5, 5.41) is 11.9. The van der Waals surface area contributed by atoms with E-state index in [2.05, 4.69) is 21.3 Å². The quantitative estimate of drug-likeness (QED) is 0.622. The summed E-state index contributed by atoms with van der Waals surface area (Å²) in [7, 11) is 0. The van der Waals surface area contributed by atoms with Gasteiger partial charge in [-0.1, -0.05) is 23.2 Å². The van der Waals surface area contributed by atoms with Crippen LogP contribution in [0.2, 0.25) is 10.0 Å². The van der Waals surface area contributed by atoms with Crippen LogP contribution in [-0.2, 0) is 0 Å². The average Bonchev–Trinajstić information content (AvgIpc) is 2.57. The lowest BCUT2D eigenvalue weighted by Gasteiger charge is -2.16. The third kappa shape index (κ3) is 6.91. The van der Waals surface area contributed by atoms with E-state index in [1.807, 2.05) is 0 Å². The number of carbonyl (C=O) groups excluding carboxylic acids is 2. The molecule has 0 radical (unpaired) electrons. The predicted molar refractivity (Wildman–Crippen MR) is 102 cm³/mol. The van der Waals surface area contributed by atoms with Crippen LogP contribution in [0.5, 0.6) is 0 Å². The fourth-order valence-electron chi connectivity index (χ4n) is 1.93. The minimum atomic E-state index is -0.367. The van der Waals surface area contributed by atoms with Gasteiger partial charge >= 0.3 is 12.1 Å². The Hall–Kier alpha value is -2.44. The number of amides is 4. The van der Waals surface area contributed by atoms with E-state index in [0.717, 1.165) is 0 Å². The Bertz CT molecular complexity index is 720. The van der Waals surface area contributed by atoms with Crippen molar-refractivity contribution < 1.29 is 9.59 Å². The molecular weight excluding hydrogens is 363 g/mol. The lowest BCUT2D eigenvalue weighted by Crippen LogP contribution is -2.44. The van der Waals surface area contributed by atoms with Gasteiger partial charge in [-0.25, -0.2) is 9.59 Å². The second kappa shape index (κ2) is 9.15. The third-order valence-electron chi connectivity index (χ3n) is 3.15. The molecule has 4 N–H and O–H groups in total. The molecule has 2 aromatic carbocycles. The molecule has 0 saturated carbocycles. The number of carbonyl (C=O) groups is 2. The maximum atomic E-state index is 11.9. The van der Waals surface area contributed by atoms with Crippen molar-refractivity contribution in [3.05, 3.63) is 58.6 Å². The van der Waals surface area contributed by atoms with Gasteiger partial charge < -0.3 is 21.3 Å². The van der Waals surface area contributed by atoms with Crippen molar-refractivity contribution in [1.29, 1.82) is 0 Å². The van der Waals surface area contributed by atoms with Gasteiger partial charge in [0, 0.05) is 34.0 Å². The molecule has 0 heterocycles. The molecule has 132 valence electrons. The third-order valence-corrected chi connectivity index (χ3v) is 3.65. The van der Waals surface area contributed by atoms with Gasteiger partial charge in [0.05, 0.1) is 0 Å². The maximum absolute atomic E-state index is 11.9. The highest BCUT2D eigenvalue weighted by atomic mass is 35.5. The monoisotopic (exact) mass is 380 g/mol.